The molecule has 1 atom stereocenters. The maximum Gasteiger partial charge on any atom is 0.329 e. The number of hydrogen-bond acceptors (Lipinski definition) is 2. The lowest BCUT2D eigenvalue weighted by Crippen LogP contribution is -2.52. The Morgan fingerprint density at radius 1 is 1.45 bits per heavy atom. The molecule has 1 aliphatic heterocycles. The molecule has 0 saturated carbocycles. The van der Waals surface area contributed by atoms with Crippen LogP contribution in [0.2, 0.25) is 0 Å². The molecule has 0 radical (unpaired) electrons. The van der Waals surface area contributed by atoms with Gasteiger partial charge in [0, 0.05) is 12.1 Å². The van der Waals surface area contributed by atoms with Crippen LogP contribution in [0, 0.1) is 12.7 Å². The van der Waals surface area contributed by atoms with Crippen LogP contribution in [-0.2, 0) is 4.79 Å². The molecule has 0 bridgehead atoms. The quantitative estimate of drug-likeness (QED) is 0.925. The topological polar surface area (TPSA) is 57.6 Å². The monoisotopic (exact) mass is 279 g/mol. The average Bonchev–Trinajstić information content (AvgIpc) is 2.83. The molecule has 1 aliphatic rings. The van der Waals surface area contributed by atoms with Gasteiger partial charge in [-0.1, -0.05) is 6.92 Å². The minimum absolute atomic E-state index is 0.329. The second kappa shape index (κ2) is 5.23. The predicted molar refractivity (Wildman–Crippen MR) is 72.1 cm³/mol. The van der Waals surface area contributed by atoms with Crippen molar-refractivity contribution >= 4 is 11.9 Å². The van der Waals surface area contributed by atoms with Gasteiger partial charge in [0.15, 0.2) is 0 Å². The molecular weight excluding hydrogens is 261 g/mol. The molecule has 1 aromatic rings. The molecule has 5 heteroatoms. The van der Waals surface area contributed by atoms with Crippen molar-refractivity contribution in [1.29, 1.82) is 0 Å². The van der Waals surface area contributed by atoms with E-state index in [1.54, 1.807) is 13.8 Å². The Morgan fingerprint density at radius 2 is 2.15 bits per heavy atom. The van der Waals surface area contributed by atoms with Crippen LogP contribution in [0.25, 0.3) is 0 Å². The summed E-state index contributed by atoms with van der Waals surface area (Å²) in [7, 11) is 0. The lowest BCUT2D eigenvalue weighted by molar-refractivity contribution is -0.148. The Morgan fingerprint density at radius 3 is 2.70 bits per heavy atom. The Hall–Kier alpha value is -1.91. The number of hydrogen-bond donors (Lipinski definition) is 1. The van der Waals surface area contributed by atoms with E-state index in [4.69, 9.17) is 0 Å². The van der Waals surface area contributed by atoms with Crippen LogP contribution in [-0.4, -0.2) is 34.0 Å². The first kappa shape index (κ1) is 14.5. The van der Waals surface area contributed by atoms with Gasteiger partial charge in [-0.15, -0.1) is 0 Å². The second-order valence-corrected chi connectivity index (χ2v) is 5.21. The van der Waals surface area contributed by atoms with Crippen LogP contribution >= 0.6 is 0 Å². The molecule has 1 N–H and O–H groups in total. The molecule has 1 fully saturated rings. The van der Waals surface area contributed by atoms with Gasteiger partial charge in [-0.25, -0.2) is 9.18 Å². The summed E-state index contributed by atoms with van der Waals surface area (Å²) in [6.07, 6.45) is 1.51. The van der Waals surface area contributed by atoms with E-state index in [2.05, 4.69) is 0 Å². The standard InChI is InChI=1S/C15H18FNO3/c1-3-15(14(19)20)7-4-8-17(15)13(18)12-6-5-11(16)9-10(12)2/h5-6,9H,3-4,7-8H2,1-2H3,(H,19,20). The van der Waals surface area contributed by atoms with Crippen molar-refractivity contribution in [2.75, 3.05) is 6.54 Å². The third kappa shape index (κ3) is 2.17. The van der Waals surface area contributed by atoms with Gasteiger partial charge in [0.05, 0.1) is 0 Å². The summed E-state index contributed by atoms with van der Waals surface area (Å²) in [5.74, 6) is -1.70. The summed E-state index contributed by atoms with van der Waals surface area (Å²) in [4.78, 5) is 25.6. The van der Waals surface area contributed by atoms with E-state index in [1.807, 2.05) is 0 Å². The fourth-order valence-electron chi connectivity index (χ4n) is 2.93. The molecule has 108 valence electrons. The fourth-order valence-corrected chi connectivity index (χ4v) is 2.93. The smallest absolute Gasteiger partial charge is 0.329 e. The highest BCUT2D eigenvalue weighted by Crippen LogP contribution is 2.34. The van der Waals surface area contributed by atoms with E-state index in [1.165, 1.54) is 23.1 Å². The van der Waals surface area contributed by atoms with Crippen LogP contribution in [0.3, 0.4) is 0 Å². The van der Waals surface area contributed by atoms with Gasteiger partial charge in [0.1, 0.15) is 11.4 Å². The Balaban J connectivity index is 2.39. The van der Waals surface area contributed by atoms with Crippen LogP contribution in [0.15, 0.2) is 18.2 Å². The Labute approximate surface area is 117 Å². The van der Waals surface area contributed by atoms with Crippen molar-refractivity contribution in [3.05, 3.63) is 35.1 Å². The Bertz CT molecular complexity index is 558. The molecule has 0 aromatic heterocycles. The largest absolute Gasteiger partial charge is 0.479 e. The number of carbonyl (C=O) groups is 2. The first-order valence-electron chi connectivity index (χ1n) is 6.74. The first-order valence-corrected chi connectivity index (χ1v) is 6.74. The Kier molecular flexibility index (Phi) is 3.79. The molecule has 1 aromatic carbocycles. The molecular formula is C15H18FNO3. The number of nitrogens with zero attached hydrogens (tertiary/aromatic N) is 1. The SMILES string of the molecule is CCC1(C(=O)O)CCCN1C(=O)c1ccc(F)cc1C. The van der Waals surface area contributed by atoms with Gasteiger partial charge in [0.2, 0.25) is 0 Å². The summed E-state index contributed by atoms with van der Waals surface area (Å²) in [5, 5.41) is 9.49. The van der Waals surface area contributed by atoms with E-state index < -0.39 is 17.3 Å². The highest BCUT2D eigenvalue weighted by atomic mass is 19.1. The number of carbonyl (C=O) groups excluding carboxylic acids is 1. The number of amides is 1. The van der Waals surface area contributed by atoms with Crippen molar-refractivity contribution < 1.29 is 19.1 Å². The summed E-state index contributed by atoms with van der Waals surface area (Å²) in [6.45, 7) is 3.85. The number of benzene rings is 1. The van der Waals surface area contributed by atoms with E-state index in [9.17, 15) is 19.1 Å². The number of carboxylic acid groups (broad SMARTS) is 1. The van der Waals surface area contributed by atoms with Crippen molar-refractivity contribution in [2.24, 2.45) is 0 Å². The van der Waals surface area contributed by atoms with E-state index in [-0.39, 0.29) is 5.91 Å². The zero-order valence-electron chi connectivity index (χ0n) is 11.6. The van der Waals surface area contributed by atoms with Gasteiger partial charge in [-0.3, -0.25) is 4.79 Å². The van der Waals surface area contributed by atoms with Crippen LogP contribution in [0.5, 0.6) is 0 Å². The predicted octanol–water partition coefficient (Wildman–Crippen LogP) is 2.60. The minimum Gasteiger partial charge on any atom is -0.479 e. The zero-order chi connectivity index (χ0) is 14.9. The summed E-state index contributed by atoms with van der Waals surface area (Å²) >= 11 is 0. The molecule has 0 aliphatic carbocycles. The third-order valence-corrected chi connectivity index (χ3v) is 4.14. The summed E-state index contributed by atoms with van der Waals surface area (Å²) in [6, 6.07) is 3.94. The molecule has 1 saturated heterocycles. The lowest BCUT2D eigenvalue weighted by Gasteiger charge is -2.34. The maximum atomic E-state index is 13.1. The number of aliphatic carboxylic acids is 1. The minimum atomic E-state index is -1.13. The molecule has 4 nitrogen and oxygen atoms in total. The number of carboxylic acids is 1. The van der Waals surface area contributed by atoms with Crippen LogP contribution < -0.4 is 0 Å². The summed E-state index contributed by atoms with van der Waals surface area (Å²) < 4.78 is 13.1. The average molecular weight is 279 g/mol. The van der Waals surface area contributed by atoms with E-state index in [0.29, 0.717) is 36.9 Å². The molecule has 2 rings (SSSR count). The highest BCUT2D eigenvalue weighted by Gasteiger charge is 2.48. The molecule has 1 unspecified atom stereocenters. The van der Waals surface area contributed by atoms with Crippen molar-refractivity contribution in [3.8, 4) is 0 Å². The second-order valence-electron chi connectivity index (χ2n) is 5.21. The number of halogens is 1. The van der Waals surface area contributed by atoms with Gasteiger partial charge >= 0.3 is 5.97 Å². The van der Waals surface area contributed by atoms with Gasteiger partial charge in [-0.05, 0) is 49.9 Å². The first-order chi connectivity index (χ1) is 9.42. The zero-order valence-corrected chi connectivity index (χ0v) is 11.6. The van der Waals surface area contributed by atoms with E-state index >= 15 is 0 Å². The van der Waals surface area contributed by atoms with Gasteiger partial charge in [0.25, 0.3) is 5.91 Å². The number of likely N-dealkylation sites (tertiary alicyclic amines) is 1. The lowest BCUT2D eigenvalue weighted by atomic mass is 9.92. The fraction of sp³-hybridized carbons (Fsp3) is 0.467. The highest BCUT2D eigenvalue weighted by molar-refractivity contribution is 5.99. The third-order valence-electron chi connectivity index (χ3n) is 4.14. The number of rotatable bonds is 3. The van der Waals surface area contributed by atoms with Crippen molar-refractivity contribution in [2.45, 2.75) is 38.6 Å². The van der Waals surface area contributed by atoms with Gasteiger partial charge < -0.3 is 10.0 Å². The molecule has 20 heavy (non-hydrogen) atoms. The number of aryl methyl sites for hydroxylation is 1. The normalized spacial score (nSPS) is 22.1. The van der Waals surface area contributed by atoms with Gasteiger partial charge in [-0.2, -0.15) is 0 Å². The molecule has 1 amide bonds. The van der Waals surface area contributed by atoms with Crippen molar-refractivity contribution in [1.82, 2.24) is 4.90 Å². The maximum absolute atomic E-state index is 13.1. The summed E-state index contributed by atoms with van der Waals surface area (Å²) in [5.41, 5.74) is -0.234. The van der Waals surface area contributed by atoms with E-state index in [0.717, 1.165) is 0 Å². The molecule has 1 heterocycles. The molecule has 0 spiro atoms. The van der Waals surface area contributed by atoms with Crippen LogP contribution in [0.4, 0.5) is 4.39 Å². The van der Waals surface area contributed by atoms with Crippen LogP contribution in [0.1, 0.15) is 42.1 Å². The van der Waals surface area contributed by atoms with Crippen molar-refractivity contribution in [3.63, 3.8) is 0 Å².